The standard InChI is InChI=1S/C32H37NO7/c1-4-6-8-18-40-26-16-13-23(20-27(26)37-3)29-28(31(35)32(36)33(29)21-25-10-9-19-39-25)30(34)22-11-14-24(15-12-22)38-17-7-5-2/h9-16,19-20,29,34H,4-8,17-18,21H2,1-3H3. The van der Waals surface area contributed by atoms with Crippen molar-refractivity contribution >= 4 is 17.4 Å². The Labute approximate surface area is 235 Å². The Morgan fingerprint density at radius 2 is 1.68 bits per heavy atom. The van der Waals surface area contributed by atoms with Gasteiger partial charge in [0.15, 0.2) is 11.5 Å². The average molecular weight is 548 g/mol. The van der Waals surface area contributed by atoms with Gasteiger partial charge in [-0.25, -0.2) is 0 Å². The van der Waals surface area contributed by atoms with E-state index in [-0.39, 0.29) is 17.9 Å². The quantitative estimate of drug-likeness (QED) is 0.104. The van der Waals surface area contributed by atoms with E-state index in [0.717, 1.165) is 32.1 Å². The van der Waals surface area contributed by atoms with Crippen LogP contribution in [0.2, 0.25) is 0 Å². The van der Waals surface area contributed by atoms with Crippen molar-refractivity contribution in [2.45, 2.75) is 58.5 Å². The van der Waals surface area contributed by atoms with Crippen LogP contribution in [0.3, 0.4) is 0 Å². The summed E-state index contributed by atoms with van der Waals surface area (Å²) in [7, 11) is 1.54. The summed E-state index contributed by atoms with van der Waals surface area (Å²) in [5.74, 6) is 0.486. The molecule has 40 heavy (non-hydrogen) atoms. The SMILES string of the molecule is CCCCCOc1ccc(C2C(=C(O)c3ccc(OCCCC)cc3)C(=O)C(=O)N2Cc2ccco2)cc1OC. The highest BCUT2D eigenvalue weighted by Gasteiger charge is 2.46. The summed E-state index contributed by atoms with van der Waals surface area (Å²) in [5.41, 5.74) is 1.01. The van der Waals surface area contributed by atoms with Crippen LogP contribution in [-0.2, 0) is 16.1 Å². The van der Waals surface area contributed by atoms with Gasteiger partial charge in [0.2, 0.25) is 0 Å². The lowest BCUT2D eigenvalue weighted by Gasteiger charge is -2.25. The Morgan fingerprint density at radius 1 is 0.925 bits per heavy atom. The number of aliphatic hydroxyl groups excluding tert-OH is 1. The third kappa shape index (κ3) is 6.50. The molecule has 4 rings (SSSR count). The second kappa shape index (κ2) is 13.7. The van der Waals surface area contributed by atoms with Gasteiger partial charge in [0.25, 0.3) is 11.7 Å². The number of ketones is 1. The number of furan rings is 1. The van der Waals surface area contributed by atoms with Crippen molar-refractivity contribution in [3.05, 3.63) is 83.3 Å². The zero-order chi connectivity index (χ0) is 28.5. The normalized spacial score (nSPS) is 16.4. The molecule has 1 N–H and O–H groups in total. The van der Waals surface area contributed by atoms with Gasteiger partial charge in [-0.05, 0) is 66.9 Å². The number of methoxy groups -OCH3 is 1. The van der Waals surface area contributed by atoms with Gasteiger partial charge in [-0.3, -0.25) is 9.59 Å². The van der Waals surface area contributed by atoms with Crippen LogP contribution in [0.4, 0.5) is 0 Å². The minimum Gasteiger partial charge on any atom is -0.507 e. The molecule has 1 unspecified atom stereocenters. The minimum atomic E-state index is -0.867. The molecule has 3 aromatic rings. The van der Waals surface area contributed by atoms with E-state index in [1.54, 1.807) is 61.7 Å². The predicted octanol–water partition coefficient (Wildman–Crippen LogP) is 6.66. The van der Waals surface area contributed by atoms with Crippen molar-refractivity contribution in [1.29, 1.82) is 0 Å². The number of benzene rings is 2. The Balaban J connectivity index is 1.72. The van der Waals surface area contributed by atoms with E-state index in [1.807, 2.05) is 0 Å². The minimum absolute atomic E-state index is 0.00475. The number of hydrogen-bond acceptors (Lipinski definition) is 7. The number of carbonyl (C=O) groups is 2. The molecule has 0 aliphatic carbocycles. The van der Waals surface area contributed by atoms with E-state index in [2.05, 4.69) is 13.8 Å². The lowest BCUT2D eigenvalue weighted by atomic mass is 9.95. The van der Waals surface area contributed by atoms with Crippen LogP contribution >= 0.6 is 0 Å². The van der Waals surface area contributed by atoms with Gasteiger partial charge < -0.3 is 28.6 Å². The first-order chi connectivity index (χ1) is 19.5. The fourth-order valence-corrected chi connectivity index (χ4v) is 4.67. The monoisotopic (exact) mass is 547 g/mol. The fourth-order valence-electron chi connectivity index (χ4n) is 4.67. The smallest absolute Gasteiger partial charge is 0.296 e. The molecule has 1 amide bonds. The predicted molar refractivity (Wildman–Crippen MR) is 151 cm³/mol. The molecular formula is C32H37NO7. The van der Waals surface area contributed by atoms with Crippen LogP contribution in [0.15, 0.2) is 70.9 Å². The number of unbranched alkanes of at least 4 members (excludes halogenated alkanes) is 3. The zero-order valence-corrected chi connectivity index (χ0v) is 23.4. The molecule has 0 bridgehead atoms. The number of ether oxygens (including phenoxy) is 3. The maximum atomic E-state index is 13.4. The third-order valence-electron chi connectivity index (χ3n) is 6.85. The summed E-state index contributed by atoms with van der Waals surface area (Å²) in [6.07, 6.45) is 6.54. The molecule has 0 radical (unpaired) electrons. The van der Waals surface area contributed by atoms with Crippen LogP contribution in [0.25, 0.3) is 5.76 Å². The Hall–Kier alpha value is -4.20. The molecule has 0 spiro atoms. The number of hydrogen-bond donors (Lipinski definition) is 1. The molecule has 1 atom stereocenters. The van der Waals surface area contributed by atoms with E-state index in [4.69, 9.17) is 18.6 Å². The summed E-state index contributed by atoms with van der Waals surface area (Å²) >= 11 is 0. The first-order valence-corrected chi connectivity index (χ1v) is 13.8. The molecule has 8 nitrogen and oxygen atoms in total. The van der Waals surface area contributed by atoms with E-state index < -0.39 is 17.7 Å². The van der Waals surface area contributed by atoms with E-state index in [1.165, 1.54) is 11.2 Å². The molecule has 1 aliphatic rings. The highest BCUT2D eigenvalue weighted by Crippen LogP contribution is 2.43. The van der Waals surface area contributed by atoms with Gasteiger partial charge in [-0.15, -0.1) is 0 Å². The highest BCUT2D eigenvalue weighted by molar-refractivity contribution is 6.46. The third-order valence-corrected chi connectivity index (χ3v) is 6.85. The fraction of sp³-hybridized carbons (Fsp3) is 0.375. The molecule has 1 saturated heterocycles. The number of nitrogens with zero attached hydrogens (tertiary/aromatic N) is 1. The van der Waals surface area contributed by atoms with Gasteiger partial charge in [0.1, 0.15) is 17.3 Å². The summed E-state index contributed by atoms with van der Waals surface area (Å²) in [6.45, 7) is 5.43. The number of aliphatic hydroxyl groups is 1. The molecule has 0 saturated carbocycles. The zero-order valence-electron chi connectivity index (χ0n) is 23.4. The topological polar surface area (TPSA) is 98.4 Å². The van der Waals surface area contributed by atoms with Crippen LogP contribution in [0, 0.1) is 0 Å². The molecule has 1 fully saturated rings. The van der Waals surface area contributed by atoms with Gasteiger partial charge >= 0.3 is 0 Å². The number of amides is 1. The number of likely N-dealkylation sites (tertiary alicyclic amines) is 1. The highest BCUT2D eigenvalue weighted by atomic mass is 16.5. The lowest BCUT2D eigenvalue weighted by Crippen LogP contribution is -2.29. The van der Waals surface area contributed by atoms with Crippen molar-refractivity contribution in [3.63, 3.8) is 0 Å². The largest absolute Gasteiger partial charge is 0.507 e. The van der Waals surface area contributed by atoms with E-state index in [0.29, 0.717) is 47.3 Å². The van der Waals surface area contributed by atoms with Crippen molar-refractivity contribution in [1.82, 2.24) is 4.90 Å². The molecule has 1 aliphatic heterocycles. The second-order valence-corrected chi connectivity index (χ2v) is 9.70. The summed E-state index contributed by atoms with van der Waals surface area (Å²) in [4.78, 5) is 28.1. The van der Waals surface area contributed by atoms with Gasteiger partial charge in [0.05, 0.1) is 44.7 Å². The van der Waals surface area contributed by atoms with E-state index in [9.17, 15) is 14.7 Å². The molecule has 8 heteroatoms. The maximum Gasteiger partial charge on any atom is 0.296 e. The van der Waals surface area contributed by atoms with Crippen molar-refractivity contribution < 1.29 is 33.3 Å². The van der Waals surface area contributed by atoms with Gasteiger partial charge in [-0.1, -0.05) is 39.2 Å². The Morgan fingerprint density at radius 3 is 2.35 bits per heavy atom. The lowest BCUT2D eigenvalue weighted by molar-refractivity contribution is -0.140. The van der Waals surface area contributed by atoms with Crippen LogP contribution < -0.4 is 14.2 Å². The van der Waals surface area contributed by atoms with Crippen molar-refractivity contribution in [2.24, 2.45) is 0 Å². The Bertz CT molecular complexity index is 1310. The first kappa shape index (κ1) is 28.8. The molecule has 212 valence electrons. The number of carbonyl (C=O) groups excluding carboxylic acids is 2. The summed E-state index contributed by atoms with van der Waals surface area (Å²) in [5, 5.41) is 11.4. The van der Waals surface area contributed by atoms with Crippen LogP contribution in [-0.4, -0.2) is 42.0 Å². The van der Waals surface area contributed by atoms with Crippen LogP contribution in [0.1, 0.15) is 68.9 Å². The summed E-state index contributed by atoms with van der Waals surface area (Å²) in [6, 6.07) is 14.8. The van der Waals surface area contributed by atoms with E-state index >= 15 is 0 Å². The summed E-state index contributed by atoms with van der Waals surface area (Å²) < 4.78 is 22.7. The van der Waals surface area contributed by atoms with Crippen LogP contribution in [0.5, 0.6) is 17.2 Å². The Kier molecular flexibility index (Phi) is 9.89. The number of Topliss-reactive ketones (excluding diaryl/α,β-unsaturated/α-hetero) is 1. The molecular weight excluding hydrogens is 510 g/mol. The van der Waals surface area contributed by atoms with Gasteiger partial charge in [-0.2, -0.15) is 0 Å². The second-order valence-electron chi connectivity index (χ2n) is 9.70. The molecule has 1 aromatic heterocycles. The van der Waals surface area contributed by atoms with Crippen molar-refractivity contribution in [2.75, 3.05) is 20.3 Å². The van der Waals surface area contributed by atoms with Gasteiger partial charge in [0, 0.05) is 5.56 Å². The average Bonchev–Trinajstić information content (AvgIpc) is 3.58. The molecule has 2 aromatic carbocycles. The first-order valence-electron chi connectivity index (χ1n) is 13.8. The van der Waals surface area contributed by atoms with Crippen molar-refractivity contribution in [3.8, 4) is 17.2 Å². The maximum absolute atomic E-state index is 13.4. The molecule has 2 heterocycles. The number of rotatable bonds is 14.